The molecule has 0 aromatic heterocycles. The summed E-state index contributed by atoms with van der Waals surface area (Å²) in [5.41, 5.74) is 0.177. The zero-order valence-corrected chi connectivity index (χ0v) is 14.8. The van der Waals surface area contributed by atoms with Crippen LogP contribution in [0.3, 0.4) is 0 Å². The molecule has 138 valence electrons. The maximum Gasteiger partial charge on any atom is 0.326 e. The number of carbonyl (C=O) groups excluding carboxylic acids is 3. The Morgan fingerprint density at radius 1 is 1.19 bits per heavy atom. The Kier molecular flexibility index (Phi) is 4.91. The molecular formula is C18H13ClN2O6. The van der Waals surface area contributed by atoms with Gasteiger partial charge in [-0.05, 0) is 19.1 Å². The first-order valence-corrected chi connectivity index (χ1v) is 8.26. The summed E-state index contributed by atoms with van der Waals surface area (Å²) in [4.78, 5) is 47.8. The molecule has 1 aliphatic rings. The van der Waals surface area contributed by atoms with Crippen molar-refractivity contribution in [1.82, 2.24) is 4.90 Å². The Bertz CT molecular complexity index is 974. The van der Waals surface area contributed by atoms with Crippen molar-refractivity contribution in [3.05, 3.63) is 74.3 Å². The van der Waals surface area contributed by atoms with Crippen molar-refractivity contribution >= 4 is 35.1 Å². The maximum absolute atomic E-state index is 12.4. The van der Waals surface area contributed by atoms with Crippen LogP contribution < -0.4 is 0 Å². The molecule has 0 N–H and O–H groups in total. The van der Waals surface area contributed by atoms with Crippen molar-refractivity contribution in [2.24, 2.45) is 0 Å². The minimum atomic E-state index is -0.800. The molecule has 0 bridgehead atoms. The van der Waals surface area contributed by atoms with Crippen LogP contribution in [0.2, 0.25) is 5.02 Å². The molecule has 9 heteroatoms. The lowest BCUT2D eigenvalue weighted by Gasteiger charge is -2.17. The number of carbonyl (C=O) groups is 3. The van der Waals surface area contributed by atoms with E-state index in [1.54, 1.807) is 31.2 Å². The van der Waals surface area contributed by atoms with Crippen LogP contribution in [0.5, 0.6) is 0 Å². The van der Waals surface area contributed by atoms with Crippen LogP contribution in [-0.4, -0.2) is 34.2 Å². The smallest absolute Gasteiger partial charge is 0.326 e. The largest absolute Gasteiger partial charge is 0.456 e. The summed E-state index contributed by atoms with van der Waals surface area (Å²) in [5, 5.41) is 11.3. The number of nitro groups is 1. The van der Waals surface area contributed by atoms with E-state index in [1.165, 1.54) is 6.07 Å². The van der Waals surface area contributed by atoms with Gasteiger partial charge in [0.25, 0.3) is 17.5 Å². The van der Waals surface area contributed by atoms with E-state index >= 15 is 0 Å². The molecule has 0 saturated heterocycles. The average molecular weight is 389 g/mol. The number of halogens is 1. The SMILES string of the molecule is C[C@@H](OC(=O)CN1C(=O)c2ccc([N+](=O)[O-])cc2C1=O)c1ccccc1Cl. The zero-order valence-electron chi connectivity index (χ0n) is 14.0. The topological polar surface area (TPSA) is 107 Å². The molecule has 1 aliphatic heterocycles. The highest BCUT2D eigenvalue weighted by Crippen LogP contribution is 2.28. The summed E-state index contributed by atoms with van der Waals surface area (Å²) >= 11 is 6.06. The van der Waals surface area contributed by atoms with E-state index in [0.29, 0.717) is 15.5 Å². The first-order chi connectivity index (χ1) is 12.8. The predicted octanol–water partition coefficient (Wildman–Crippen LogP) is 3.15. The molecule has 1 atom stereocenters. The number of nitro benzene ring substituents is 1. The van der Waals surface area contributed by atoms with E-state index < -0.39 is 35.4 Å². The number of fused-ring (bicyclic) bond motifs is 1. The molecule has 0 aliphatic carbocycles. The number of hydrogen-bond donors (Lipinski definition) is 0. The van der Waals surface area contributed by atoms with Crippen LogP contribution in [0.25, 0.3) is 0 Å². The quantitative estimate of drug-likeness (QED) is 0.337. The van der Waals surface area contributed by atoms with Gasteiger partial charge in [0.2, 0.25) is 0 Å². The molecule has 3 rings (SSSR count). The molecule has 8 nitrogen and oxygen atoms in total. The average Bonchev–Trinajstić information content (AvgIpc) is 2.86. The van der Waals surface area contributed by atoms with Gasteiger partial charge in [-0.1, -0.05) is 29.8 Å². The lowest BCUT2D eigenvalue weighted by atomic mass is 10.1. The zero-order chi connectivity index (χ0) is 19.7. The molecule has 2 amide bonds. The molecule has 27 heavy (non-hydrogen) atoms. The Balaban J connectivity index is 1.73. The van der Waals surface area contributed by atoms with Crippen LogP contribution in [0, 0.1) is 10.1 Å². The minimum Gasteiger partial charge on any atom is -0.456 e. The molecular weight excluding hydrogens is 376 g/mol. The van der Waals surface area contributed by atoms with Gasteiger partial charge in [0.15, 0.2) is 0 Å². The molecule has 0 radical (unpaired) electrons. The third kappa shape index (κ3) is 3.52. The van der Waals surface area contributed by atoms with Crippen LogP contribution in [0.1, 0.15) is 39.3 Å². The summed E-state index contributed by atoms with van der Waals surface area (Å²) in [6.45, 7) is 1.01. The minimum absolute atomic E-state index is 0.0116. The Morgan fingerprint density at radius 3 is 2.52 bits per heavy atom. The van der Waals surface area contributed by atoms with E-state index in [9.17, 15) is 24.5 Å². The van der Waals surface area contributed by atoms with Gasteiger partial charge in [-0.25, -0.2) is 0 Å². The van der Waals surface area contributed by atoms with Crippen LogP contribution >= 0.6 is 11.6 Å². The van der Waals surface area contributed by atoms with E-state index in [4.69, 9.17) is 16.3 Å². The van der Waals surface area contributed by atoms with Crippen molar-refractivity contribution in [2.75, 3.05) is 6.54 Å². The highest BCUT2D eigenvalue weighted by atomic mass is 35.5. The highest BCUT2D eigenvalue weighted by molar-refractivity contribution is 6.31. The van der Waals surface area contributed by atoms with Gasteiger partial charge in [-0.2, -0.15) is 0 Å². The summed E-state index contributed by atoms with van der Waals surface area (Å²) in [7, 11) is 0. The number of benzene rings is 2. The lowest BCUT2D eigenvalue weighted by molar-refractivity contribution is -0.384. The molecule has 0 spiro atoms. The number of amides is 2. The normalized spacial score (nSPS) is 14.1. The first-order valence-electron chi connectivity index (χ1n) is 7.88. The van der Waals surface area contributed by atoms with Crippen LogP contribution in [0.15, 0.2) is 42.5 Å². The fraction of sp³-hybridized carbons (Fsp3) is 0.167. The molecule has 0 fully saturated rings. The maximum atomic E-state index is 12.4. The second kappa shape index (κ2) is 7.16. The molecule has 2 aromatic carbocycles. The molecule has 0 saturated carbocycles. The van der Waals surface area contributed by atoms with Gasteiger partial charge >= 0.3 is 5.97 Å². The Hall–Kier alpha value is -3.26. The van der Waals surface area contributed by atoms with Gasteiger partial charge in [-0.3, -0.25) is 29.4 Å². The number of nitrogens with zero attached hydrogens (tertiary/aromatic N) is 2. The van der Waals surface area contributed by atoms with Crippen molar-refractivity contribution in [3.63, 3.8) is 0 Å². The number of imide groups is 1. The number of hydrogen-bond acceptors (Lipinski definition) is 6. The Morgan fingerprint density at radius 2 is 1.85 bits per heavy atom. The first kappa shape index (κ1) is 18.5. The lowest BCUT2D eigenvalue weighted by Crippen LogP contribution is -2.36. The monoisotopic (exact) mass is 388 g/mol. The summed E-state index contributed by atoms with van der Waals surface area (Å²) in [6.07, 6.45) is -0.678. The third-order valence-corrected chi connectivity index (χ3v) is 4.45. The molecule has 2 aromatic rings. The van der Waals surface area contributed by atoms with Gasteiger partial charge in [0, 0.05) is 22.7 Å². The Labute approximate surface area is 158 Å². The fourth-order valence-electron chi connectivity index (χ4n) is 2.77. The predicted molar refractivity (Wildman–Crippen MR) is 94.4 cm³/mol. The number of non-ortho nitro benzene ring substituents is 1. The van der Waals surface area contributed by atoms with Crippen molar-refractivity contribution in [1.29, 1.82) is 0 Å². The van der Waals surface area contributed by atoms with E-state index in [0.717, 1.165) is 12.1 Å². The summed E-state index contributed by atoms with van der Waals surface area (Å²) < 4.78 is 5.26. The molecule has 1 heterocycles. The van der Waals surface area contributed by atoms with Crippen molar-refractivity contribution in [3.8, 4) is 0 Å². The van der Waals surface area contributed by atoms with Gasteiger partial charge in [-0.15, -0.1) is 0 Å². The molecule has 0 unspecified atom stereocenters. The number of ether oxygens (including phenoxy) is 1. The fourth-order valence-corrected chi connectivity index (χ4v) is 3.06. The van der Waals surface area contributed by atoms with Crippen LogP contribution in [-0.2, 0) is 9.53 Å². The van der Waals surface area contributed by atoms with E-state index in [-0.39, 0.29) is 16.8 Å². The van der Waals surface area contributed by atoms with E-state index in [2.05, 4.69) is 0 Å². The van der Waals surface area contributed by atoms with Crippen molar-refractivity contribution in [2.45, 2.75) is 13.0 Å². The van der Waals surface area contributed by atoms with Crippen LogP contribution in [0.4, 0.5) is 5.69 Å². The van der Waals surface area contributed by atoms with Crippen molar-refractivity contribution < 1.29 is 24.0 Å². The second-order valence-corrected chi connectivity index (χ2v) is 6.24. The number of rotatable bonds is 5. The summed E-state index contributed by atoms with van der Waals surface area (Å²) in [6, 6.07) is 10.2. The van der Waals surface area contributed by atoms with Gasteiger partial charge < -0.3 is 4.74 Å². The van der Waals surface area contributed by atoms with Gasteiger partial charge in [0.1, 0.15) is 12.6 Å². The van der Waals surface area contributed by atoms with E-state index in [1.807, 2.05) is 0 Å². The highest BCUT2D eigenvalue weighted by Gasteiger charge is 2.38. The van der Waals surface area contributed by atoms with Gasteiger partial charge in [0.05, 0.1) is 16.1 Å². The second-order valence-electron chi connectivity index (χ2n) is 5.84. The number of esters is 1. The standard InChI is InChI=1S/C18H13ClN2O6/c1-10(12-4-2-3-5-15(12)19)27-16(22)9-20-17(23)13-7-6-11(21(25)26)8-14(13)18(20)24/h2-8,10H,9H2,1H3/t10-/m1/s1. The summed E-state index contributed by atoms with van der Waals surface area (Å²) in [5.74, 6) is -2.28. The third-order valence-electron chi connectivity index (χ3n) is 4.10.